The van der Waals surface area contributed by atoms with Gasteiger partial charge in [0, 0.05) is 13.3 Å². The average molecular weight is 276 g/mol. The predicted octanol–water partition coefficient (Wildman–Crippen LogP) is 3.90. The second-order valence-corrected chi connectivity index (χ2v) is 5.39. The predicted molar refractivity (Wildman–Crippen MR) is 80.3 cm³/mol. The number of aldehydes is 1. The number of carbonyl (C=O) groups excluding carboxylic acids is 2. The van der Waals surface area contributed by atoms with Crippen molar-refractivity contribution in [1.82, 2.24) is 0 Å². The monoisotopic (exact) mass is 276 g/mol. The maximum absolute atomic E-state index is 11.2. The quantitative estimate of drug-likeness (QED) is 0.436. The summed E-state index contributed by atoms with van der Waals surface area (Å²) in [5.41, 5.74) is 3.25. The largest absolute Gasteiger partial charge is 0.458 e. The standard InChI is InChI=1S/C17H24O3/c1-13-6-4-8-14(2)10-17(20-15(3)19)11-16(12-18)9-5-7-13/h7-8,11-12,17H,4-6,9-10H2,1-3H3/b13-7+,14-8+,16-11+. The van der Waals surface area contributed by atoms with E-state index in [1.54, 1.807) is 6.08 Å². The normalized spacial score (nSPS) is 29.4. The fourth-order valence-corrected chi connectivity index (χ4v) is 2.30. The summed E-state index contributed by atoms with van der Waals surface area (Å²) in [5, 5.41) is 0. The molecule has 0 aromatic carbocycles. The van der Waals surface area contributed by atoms with Crippen LogP contribution in [0.1, 0.15) is 52.9 Å². The van der Waals surface area contributed by atoms with Gasteiger partial charge in [0.15, 0.2) is 0 Å². The fourth-order valence-electron chi connectivity index (χ4n) is 2.30. The van der Waals surface area contributed by atoms with Crippen LogP contribution in [-0.2, 0) is 14.3 Å². The van der Waals surface area contributed by atoms with Gasteiger partial charge in [-0.05, 0) is 51.2 Å². The number of carbonyl (C=O) groups is 2. The summed E-state index contributed by atoms with van der Waals surface area (Å²) in [6.45, 7) is 5.56. The average Bonchev–Trinajstić information content (AvgIpc) is 2.35. The molecule has 1 rings (SSSR count). The molecule has 1 aliphatic carbocycles. The van der Waals surface area contributed by atoms with Crippen molar-refractivity contribution in [2.24, 2.45) is 0 Å². The molecule has 0 fully saturated rings. The van der Waals surface area contributed by atoms with Crippen LogP contribution in [0, 0.1) is 0 Å². The van der Waals surface area contributed by atoms with Crippen LogP contribution in [0.2, 0.25) is 0 Å². The van der Waals surface area contributed by atoms with Crippen LogP contribution in [0.25, 0.3) is 0 Å². The molecule has 0 spiro atoms. The summed E-state index contributed by atoms with van der Waals surface area (Å²) in [6.07, 6.45) is 10.9. The van der Waals surface area contributed by atoms with Crippen molar-refractivity contribution in [2.45, 2.75) is 59.0 Å². The number of ether oxygens (including phenoxy) is 1. The van der Waals surface area contributed by atoms with Gasteiger partial charge in [0.1, 0.15) is 12.4 Å². The lowest BCUT2D eigenvalue weighted by atomic mass is 10.00. The van der Waals surface area contributed by atoms with Crippen molar-refractivity contribution < 1.29 is 14.3 Å². The van der Waals surface area contributed by atoms with E-state index in [-0.39, 0.29) is 12.1 Å². The van der Waals surface area contributed by atoms with E-state index in [2.05, 4.69) is 19.1 Å². The van der Waals surface area contributed by atoms with Crippen LogP contribution in [-0.4, -0.2) is 18.4 Å². The maximum Gasteiger partial charge on any atom is 0.303 e. The Labute approximate surface area is 121 Å². The van der Waals surface area contributed by atoms with Gasteiger partial charge >= 0.3 is 5.97 Å². The maximum atomic E-state index is 11.2. The van der Waals surface area contributed by atoms with Crippen LogP contribution in [0.15, 0.2) is 34.9 Å². The molecule has 0 N–H and O–H groups in total. The van der Waals surface area contributed by atoms with Crippen molar-refractivity contribution in [3.05, 3.63) is 34.9 Å². The minimum absolute atomic E-state index is 0.313. The highest BCUT2D eigenvalue weighted by Gasteiger charge is 2.12. The molecule has 3 nitrogen and oxygen atoms in total. The number of hydrogen-bond acceptors (Lipinski definition) is 3. The molecule has 0 radical (unpaired) electrons. The molecule has 1 aliphatic rings. The molecule has 1 atom stereocenters. The molecule has 0 heterocycles. The first-order valence-corrected chi connectivity index (χ1v) is 7.15. The number of rotatable bonds is 2. The van der Waals surface area contributed by atoms with Crippen molar-refractivity contribution in [3.8, 4) is 0 Å². The lowest BCUT2D eigenvalue weighted by Crippen LogP contribution is -2.15. The SMILES string of the molecule is CC(=O)OC1/C=C(/C=O)CC/C=C(\C)CC/C=C(\C)C1. The molecule has 20 heavy (non-hydrogen) atoms. The fraction of sp³-hybridized carbons (Fsp3) is 0.529. The van der Waals surface area contributed by atoms with Crippen LogP contribution in [0.3, 0.4) is 0 Å². The highest BCUT2D eigenvalue weighted by molar-refractivity contribution is 5.73. The summed E-state index contributed by atoms with van der Waals surface area (Å²) >= 11 is 0. The molecule has 0 saturated carbocycles. The molecule has 0 amide bonds. The molecule has 110 valence electrons. The van der Waals surface area contributed by atoms with E-state index in [0.29, 0.717) is 18.4 Å². The third-order valence-electron chi connectivity index (χ3n) is 3.35. The zero-order chi connectivity index (χ0) is 15.0. The molecule has 0 aromatic heterocycles. The van der Waals surface area contributed by atoms with Gasteiger partial charge in [-0.1, -0.05) is 23.3 Å². The topological polar surface area (TPSA) is 43.4 Å². The second-order valence-electron chi connectivity index (χ2n) is 5.39. The van der Waals surface area contributed by atoms with Crippen LogP contribution in [0.5, 0.6) is 0 Å². The third kappa shape index (κ3) is 6.50. The van der Waals surface area contributed by atoms with E-state index in [9.17, 15) is 9.59 Å². The first-order valence-electron chi connectivity index (χ1n) is 7.15. The van der Waals surface area contributed by atoms with Crippen molar-refractivity contribution >= 4 is 12.3 Å². The van der Waals surface area contributed by atoms with Crippen molar-refractivity contribution in [2.75, 3.05) is 0 Å². The number of esters is 1. The van der Waals surface area contributed by atoms with Gasteiger partial charge in [-0.15, -0.1) is 0 Å². The number of allylic oxidation sites excluding steroid dienone is 4. The van der Waals surface area contributed by atoms with Gasteiger partial charge in [-0.25, -0.2) is 0 Å². The van der Waals surface area contributed by atoms with Gasteiger partial charge in [-0.2, -0.15) is 0 Å². The molecule has 3 heteroatoms. The van der Waals surface area contributed by atoms with Crippen LogP contribution >= 0.6 is 0 Å². The van der Waals surface area contributed by atoms with Crippen LogP contribution < -0.4 is 0 Å². The first-order chi connectivity index (χ1) is 9.51. The Bertz CT molecular complexity index is 441. The van der Waals surface area contributed by atoms with Crippen LogP contribution in [0.4, 0.5) is 0 Å². The zero-order valence-electron chi connectivity index (χ0n) is 12.6. The summed E-state index contributed by atoms with van der Waals surface area (Å²) in [5.74, 6) is -0.313. The van der Waals surface area contributed by atoms with Crippen molar-refractivity contribution in [3.63, 3.8) is 0 Å². The van der Waals surface area contributed by atoms with E-state index in [1.165, 1.54) is 18.1 Å². The molecule has 1 unspecified atom stereocenters. The highest BCUT2D eigenvalue weighted by atomic mass is 16.5. The van der Waals surface area contributed by atoms with E-state index >= 15 is 0 Å². The second kappa shape index (κ2) is 8.51. The lowest BCUT2D eigenvalue weighted by Gasteiger charge is -2.15. The van der Waals surface area contributed by atoms with E-state index in [1.807, 2.05) is 6.92 Å². The molecule has 0 aliphatic heterocycles. The van der Waals surface area contributed by atoms with Gasteiger partial charge in [0.05, 0.1) is 0 Å². The lowest BCUT2D eigenvalue weighted by molar-refractivity contribution is -0.144. The third-order valence-corrected chi connectivity index (χ3v) is 3.35. The minimum atomic E-state index is -0.339. The van der Waals surface area contributed by atoms with Crippen molar-refractivity contribution in [1.29, 1.82) is 0 Å². The molecular weight excluding hydrogens is 252 g/mol. The molecule has 0 bridgehead atoms. The molecule has 0 saturated heterocycles. The molecular formula is C17H24O3. The Morgan fingerprint density at radius 3 is 2.50 bits per heavy atom. The summed E-state index contributed by atoms with van der Waals surface area (Å²) in [6, 6.07) is 0. The van der Waals surface area contributed by atoms with Gasteiger partial charge in [-0.3, -0.25) is 9.59 Å². The number of hydrogen-bond donors (Lipinski definition) is 0. The van der Waals surface area contributed by atoms with E-state index in [0.717, 1.165) is 25.5 Å². The smallest absolute Gasteiger partial charge is 0.303 e. The Balaban J connectivity index is 2.94. The Kier molecular flexibility index (Phi) is 6.99. The first kappa shape index (κ1) is 16.4. The van der Waals surface area contributed by atoms with Gasteiger partial charge < -0.3 is 4.74 Å². The Morgan fingerprint density at radius 1 is 1.20 bits per heavy atom. The summed E-state index contributed by atoms with van der Waals surface area (Å²) < 4.78 is 5.29. The van der Waals surface area contributed by atoms with E-state index in [4.69, 9.17) is 4.74 Å². The Morgan fingerprint density at radius 2 is 1.85 bits per heavy atom. The summed E-state index contributed by atoms with van der Waals surface area (Å²) in [4.78, 5) is 22.3. The van der Waals surface area contributed by atoms with Gasteiger partial charge in [0.25, 0.3) is 0 Å². The van der Waals surface area contributed by atoms with E-state index < -0.39 is 0 Å². The van der Waals surface area contributed by atoms with Gasteiger partial charge in [0.2, 0.25) is 0 Å². The summed E-state index contributed by atoms with van der Waals surface area (Å²) in [7, 11) is 0. The Hall–Kier alpha value is -1.64. The molecule has 0 aromatic rings. The highest BCUT2D eigenvalue weighted by Crippen LogP contribution is 2.18. The zero-order valence-corrected chi connectivity index (χ0v) is 12.6. The minimum Gasteiger partial charge on any atom is -0.458 e.